The van der Waals surface area contributed by atoms with Crippen molar-refractivity contribution < 1.29 is 13.2 Å². The molecule has 0 atom stereocenters. The smallest absolute Gasteiger partial charge is 0.252 e. The Balaban J connectivity index is 0.00000220. The number of rotatable bonds is 5. The summed E-state index contributed by atoms with van der Waals surface area (Å²) in [5.74, 6) is 0.115. The van der Waals surface area contributed by atoms with Crippen LogP contribution in [-0.2, 0) is 9.84 Å². The summed E-state index contributed by atoms with van der Waals surface area (Å²) in [5, 5.41) is 5.39. The second-order valence-electron chi connectivity index (χ2n) is 5.32. The first kappa shape index (κ1) is 17.9. The average molecular weight is 333 g/mol. The van der Waals surface area contributed by atoms with E-state index in [9.17, 15) is 13.2 Å². The molecule has 0 aromatic heterocycles. The molecule has 0 bridgehead atoms. The summed E-state index contributed by atoms with van der Waals surface area (Å²) in [6, 6.07) is 6.37. The predicted molar refractivity (Wildman–Crippen MR) is 84.7 cm³/mol. The molecule has 118 valence electrons. The molecular formula is C14H21ClN2O3S. The van der Waals surface area contributed by atoms with Gasteiger partial charge >= 0.3 is 0 Å². The van der Waals surface area contributed by atoms with Gasteiger partial charge in [-0.05, 0) is 26.0 Å². The van der Waals surface area contributed by atoms with Crippen LogP contribution in [0.4, 0.5) is 0 Å². The number of hydrogen-bond donors (Lipinski definition) is 2. The molecule has 7 heteroatoms. The fraction of sp³-hybridized carbons (Fsp3) is 0.500. The fourth-order valence-corrected chi connectivity index (χ4v) is 3.22. The molecule has 2 rings (SSSR count). The lowest BCUT2D eigenvalue weighted by atomic mass is 10.0. The Morgan fingerprint density at radius 2 is 1.95 bits per heavy atom. The van der Waals surface area contributed by atoms with E-state index < -0.39 is 15.1 Å². The van der Waals surface area contributed by atoms with Crippen LogP contribution in [0.5, 0.6) is 0 Å². The lowest BCUT2D eigenvalue weighted by Gasteiger charge is -2.27. The van der Waals surface area contributed by atoms with Crippen LogP contribution < -0.4 is 10.6 Å². The number of hydrogen-bond acceptors (Lipinski definition) is 4. The van der Waals surface area contributed by atoms with Gasteiger partial charge in [0.2, 0.25) is 0 Å². The highest BCUT2D eigenvalue weighted by Crippen LogP contribution is 2.20. The molecule has 2 N–H and O–H groups in total. The molecule has 1 aliphatic rings. The van der Waals surface area contributed by atoms with E-state index in [1.807, 2.05) is 0 Å². The number of carbonyl (C=O) groups is 1. The average Bonchev–Trinajstić information content (AvgIpc) is 2.36. The molecule has 1 saturated heterocycles. The van der Waals surface area contributed by atoms with Crippen molar-refractivity contribution in [2.45, 2.75) is 24.0 Å². The van der Waals surface area contributed by atoms with Gasteiger partial charge in [-0.25, -0.2) is 8.42 Å². The van der Waals surface area contributed by atoms with Gasteiger partial charge in [0.25, 0.3) is 5.91 Å². The Morgan fingerprint density at radius 1 is 1.33 bits per heavy atom. The molecule has 0 spiro atoms. The predicted octanol–water partition coefficient (Wildman–Crippen LogP) is 1.24. The zero-order valence-electron chi connectivity index (χ0n) is 12.1. The maximum absolute atomic E-state index is 12.3. The van der Waals surface area contributed by atoms with Gasteiger partial charge < -0.3 is 10.6 Å². The molecule has 1 aromatic rings. The number of amides is 1. The number of nitrogens with one attached hydrogen (secondary N) is 2. The first-order valence-corrected chi connectivity index (χ1v) is 8.29. The van der Waals surface area contributed by atoms with Gasteiger partial charge in [0.1, 0.15) is 0 Å². The molecule has 1 amide bonds. The van der Waals surface area contributed by atoms with Gasteiger partial charge in [0.15, 0.2) is 9.84 Å². The van der Waals surface area contributed by atoms with E-state index in [1.54, 1.807) is 32.0 Å². The van der Waals surface area contributed by atoms with Crippen molar-refractivity contribution in [3.8, 4) is 0 Å². The van der Waals surface area contributed by atoms with Crippen molar-refractivity contribution in [2.24, 2.45) is 5.92 Å². The van der Waals surface area contributed by atoms with E-state index in [0.29, 0.717) is 12.5 Å². The Labute approximate surface area is 131 Å². The van der Waals surface area contributed by atoms with Crippen LogP contribution in [-0.4, -0.2) is 39.2 Å². The van der Waals surface area contributed by atoms with Crippen LogP contribution in [0.1, 0.15) is 24.2 Å². The van der Waals surface area contributed by atoms with E-state index in [-0.39, 0.29) is 28.8 Å². The van der Waals surface area contributed by atoms with Crippen LogP contribution in [0.25, 0.3) is 0 Å². The van der Waals surface area contributed by atoms with Crippen molar-refractivity contribution in [3.05, 3.63) is 29.8 Å². The van der Waals surface area contributed by atoms with Crippen LogP contribution in [0.3, 0.4) is 0 Å². The third kappa shape index (κ3) is 3.96. The zero-order chi connectivity index (χ0) is 14.8. The summed E-state index contributed by atoms with van der Waals surface area (Å²) in [7, 11) is -3.46. The minimum Gasteiger partial charge on any atom is -0.352 e. The Morgan fingerprint density at radius 3 is 2.48 bits per heavy atom. The lowest BCUT2D eigenvalue weighted by molar-refractivity contribution is 0.0939. The SMILES string of the molecule is CC(C)S(=O)(=O)c1ccccc1C(=O)NCC1CNC1.Cl. The van der Waals surface area contributed by atoms with Crippen molar-refractivity contribution in [1.29, 1.82) is 0 Å². The molecule has 5 nitrogen and oxygen atoms in total. The molecule has 0 saturated carbocycles. The topological polar surface area (TPSA) is 75.3 Å². The zero-order valence-corrected chi connectivity index (χ0v) is 13.8. The Hall–Kier alpha value is -1.11. The van der Waals surface area contributed by atoms with Crippen LogP contribution in [0, 0.1) is 5.92 Å². The fourth-order valence-electron chi connectivity index (χ4n) is 1.98. The van der Waals surface area contributed by atoms with Gasteiger partial charge in [0, 0.05) is 25.6 Å². The molecule has 0 aliphatic carbocycles. The van der Waals surface area contributed by atoms with E-state index in [2.05, 4.69) is 10.6 Å². The molecule has 1 fully saturated rings. The molecule has 0 unspecified atom stereocenters. The molecule has 21 heavy (non-hydrogen) atoms. The van der Waals surface area contributed by atoms with Crippen LogP contribution in [0.15, 0.2) is 29.2 Å². The lowest BCUT2D eigenvalue weighted by Crippen LogP contribution is -2.48. The maximum Gasteiger partial charge on any atom is 0.252 e. The summed E-state index contributed by atoms with van der Waals surface area (Å²) < 4.78 is 24.5. The number of benzene rings is 1. The van der Waals surface area contributed by atoms with Crippen molar-refractivity contribution in [2.75, 3.05) is 19.6 Å². The second-order valence-corrected chi connectivity index (χ2v) is 7.80. The molecule has 1 heterocycles. The van der Waals surface area contributed by atoms with Gasteiger partial charge in [-0.3, -0.25) is 4.79 Å². The van der Waals surface area contributed by atoms with Crippen LogP contribution in [0.2, 0.25) is 0 Å². The first-order chi connectivity index (χ1) is 9.43. The van der Waals surface area contributed by atoms with Gasteiger partial charge in [-0.15, -0.1) is 12.4 Å². The first-order valence-electron chi connectivity index (χ1n) is 6.74. The standard InChI is InChI=1S/C14H20N2O3S.ClH/c1-10(2)20(18,19)13-6-4-3-5-12(13)14(17)16-9-11-7-15-8-11;/h3-6,10-11,15H,7-9H2,1-2H3,(H,16,17);1H. The monoisotopic (exact) mass is 332 g/mol. The summed E-state index contributed by atoms with van der Waals surface area (Å²) in [5.41, 5.74) is 0.230. The van der Waals surface area contributed by atoms with E-state index in [4.69, 9.17) is 0 Å². The van der Waals surface area contributed by atoms with Crippen molar-refractivity contribution in [3.63, 3.8) is 0 Å². The van der Waals surface area contributed by atoms with E-state index in [0.717, 1.165) is 13.1 Å². The summed E-state index contributed by atoms with van der Waals surface area (Å²) >= 11 is 0. The maximum atomic E-state index is 12.3. The molecule has 1 aromatic carbocycles. The Bertz CT molecular complexity index is 598. The number of carbonyl (C=O) groups excluding carboxylic acids is 1. The van der Waals surface area contributed by atoms with E-state index >= 15 is 0 Å². The van der Waals surface area contributed by atoms with Gasteiger partial charge in [-0.2, -0.15) is 0 Å². The minimum atomic E-state index is -3.46. The van der Waals surface area contributed by atoms with Gasteiger partial charge in [0.05, 0.1) is 15.7 Å². The molecular weight excluding hydrogens is 312 g/mol. The summed E-state index contributed by atoms with van der Waals surface area (Å²) in [4.78, 5) is 12.3. The number of sulfone groups is 1. The highest BCUT2D eigenvalue weighted by Gasteiger charge is 2.25. The normalized spacial score (nSPS) is 15.2. The molecule has 0 radical (unpaired) electrons. The third-order valence-corrected chi connectivity index (χ3v) is 5.69. The summed E-state index contributed by atoms with van der Waals surface area (Å²) in [6.45, 7) is 5.59. The number of halogens is 1. The van der Waals surface area contributed by atoms with Crippen molar-refractivity contribution in [1.82, 2.24) is 10.6 Å². The van der Waals surface area contributed by atoms with Crippen LogP contribution >= 0.6 is 12.4 Å². The third-order valence-electron chi connectivity index (χ3n) is 3.48. The van der Waals surface area contributed by atoms with Crippen molar-refractivity contribution >= 4 is 28.2 Å². The summed E-state index contributed by atoms with van der Waals surface area (Å²) in [6.07, 6.45) is 0. The van der Waals surface area contributed by atoms with E-state index in [1.165, 1.54) is 6.07 Å². The molecule has 1 aliphatic heterocycles. The second kappa shape index (κ2) is 7.24. The Kier molecular flexibility index (Phi) is 6.19. The minimum absolute atomic E-state index is 0. The van der Waals surface area contributed by atoms with Gasteiger partial charge in [-0.1, -0.05) is 12.1 Å². The highest BCUT2D eigenvalue weighted by atomic mass is 35.5. The highest BCUT2D eigenvalue weighted by molar-refractivity contribution is 7.92. The largest absolute Gasteiger partial charge is 0.352 e. The quantitative estimate of drug-likeness (QED) is 0.850.